The molecule has 0 amide bonds. The van der Waals surface area contributed by atoms with Crippen LogP contribution < -0.4 is 4.74 Å². The molecule has 0 aliphatic heterocycles. The van der Waals surface area contributed by atoms with E-state index in [1.807, 2.05) is 0 Å². The Morgan fingerprint density at radius 1 is 1.41 bits per heavy atom. The minimum Gasteiger partial charge on any atom is -0.481 e. The van der Waals surface area contributed by atoms with E-state index in [0.29, 0.717) is 0 Å². The Hall–Kier alpha value is -1.72. The van der Waals surface area contributed by atoms with Crippen molar-refractivity contribution >= 4 is 5.97 Å². The first-order chi connectivity index (χ1) is 7.79. The lowest BCUT2D eigenvalue weighted by Gasteiger charge is -2.16. The van der Waals surface area contributed by atoms with Gasteiger partial charge in [-0.3, -0.25) is 4.79 Å². The van der Waals surface area contributed by atoms with E-state index in [0.717, 1.165) is 0 Å². The predicted octanol–water partition coefficient (Wildman–Crippen LogP) is 3.16. The van der Waals surface area contributed by atoms with Crippen LogP contribution in [0, 0.1) is 0 Å². The molecule has 0 aromatic heterocycles. The molecule has 1 aromatic carbocycles. The van der Waals surface area contributed by atoms with Gasteiger partial charge >= 0.3 is 12.3 Å². The third-order valence-electron chi connectivity index (χ3n) is 2.16. The lowest BCUT2D eigenvalue weighted by atomic mass is 9.97. The van der Waals surface area contributed by atoms with E-state index in [-0.39, 0.29) is 17.7 Å². The third kappa shape index (κ3) is 4.34. The second-order valence-electron chi connectivity index (χ2n) is 3.58. The van der Waals surface area contributed by atoms with Crippen LogP contribution in [0.15, 0.2) is 24.3 Å². The highest BCUT2D eigenvalue weighted by molar-refractivity contribution is 5.68. The summed E-state index contributed by atoms with van der Waals surface area (Å²) in [5.74, 6) is -1.97. The number of halogens is 3. The summed E-state index contributed by atoms with van der Waals surface area (Å²) in [6.45, 7) is 1.53. The van der Waals surface area contributed by atoms with Crippen LogP contribution >= 0.6 is 0 Å². The van der Waals surface area contributed by atoms with Crippen LogP contribution in [0.3, 0.4) is 0 Å². The lowest BCUT2D eigenvalue weighted by molar-refractivity contribution is -0.274. The fourth-order valence-electron chi connectivity index (χ4n) is 1.48. The fourth-order valence-corrected chi connectivity index (χ4v) is 1.48. The molecule has 0 aliphatic carbocycles. The first kappa shape index (κ1) is 13.3. The Balaban J connectivity index is 2.95. The zero-order chi connectivity index (χ0) is 13.1. The number of rotatable bonds is 4. The number of aliphatic carboxylic acids is 1. The quantitative estimate of drug-likeness (QED) is 0.890. The van der Waals surface area contributed by atoms with Crippen molar-refractivity contribution in [3.63, 3.8) is 0 Å². The summed E-state index contributed by atoms with van der Waals surface area (Å²) in [6, 6.07) is 5.53. The van der Waals surface area contributed by atoms with Crippen LogP contribution in [-0.4, -0.2) is 17.4 Å². The normalized spacial score (nSPS) is 13.2. The molecule has 0 radical (unpaired) electrons. The SMILES string of the molecule is CC(CC(=O)O)c1ccccc1OC(F)(F)F. The van der Waals surface area contributed by atoms with Gasteiger partial charge in [0.05, 0.1) is 6.42 Å². The molecule has 1 unspecified atom stereocenters. The fraction of sp³-hybridized carbons (Fsp3) is 0.364. The topological polar surface area (TPSA) is 46.5 Å². The zero-order valence-electron chi connectivity index (χ0n) is 8.99. The van der Waals surface area contributed by atoms with Crippen LogP contribution in [0.2, 0.25) is 0 Å². The van der Waals surface area contributed by atoms with E-state index in [4.69, 9.17) is 5.11 Å². The Bertz CT molecular complexity index is 401. The molecule has 1 N–H and O–H groups in total. The highest BCUT2D eigenvalue weighted by Gasteiger charge is 2.32. The molecule has 94 valence electrons. The number of hydrogen-bond donors (Lipinski definition) is 1. The van der Waals surface area contributed by atoms with Gasteiger partial charge in [-0.25, -0.2) is 0 Å². The minimum atomic E-state index is -4.78. The molecule has 0 aliphatic rings. The van der Waals surface area contributed by atoms with Gasteiger partial charge in [0.1, 0.15) is 5.75 Å². The molecule has 0 saturated heterocycles. The average molecular weight is 248 g/mol. The van der Waals surface area contributed by atoms with Crippen molar-refractivity contribution in [2.45, 2.75) is 25.6 Å². The summed E-state index contributed by atoms with van der Waals surface area (Å²) in [4.78, 5) is 10.5. The van der Waals surface area contributed by atoms with Gasteiger partial charge in [0, 0.05) is 0 Å². The van der Waals surface area contributed by atoms with Gasteiger partial charge in [-0.15, -0.1) is 13.2 Å². The van der Waals surface area contributed by atoms with Crippen molar-refractivity contribution in [3.05, 3.63) is 29.8 Å². The van der Waals surface area contributed by atoms with Gasteiger partial charge < -0.3 is 9.84 Å². The van der Waals surface area contributed by atoms with Crippen molar-refractivity contribution in [3.8, 4) is 5.75 Å². The Labute approximate surface area is 95.8 Å². The van der Waals surface area contributed by atoms with E-state index in [9.17, 15) is 18.0 Å². The van der Waals surface area contributed by atoms with Gasteiger partial charge in [0.25, 0.3) is 0 Å². The number of alkyl halides is 3. The number of carbonyl (C=O) groups is 1. The standard InChI is InChI=1S/C11H11F3O3/c1-7(6-10(15)16)8-4-2-3-5-9(8)17-11(12,13)14/h2-5,7H,6H2,1H3,(H,15,16). The van der Waals surface area contributed by atoms with Crippen molar-refractivity contribution in [1.29, 1.82) is 0 Å². The molecule has 1 aromatic rings. The molecule has 0 saturated carbocycles. The summed E-state index contributed by atoms with van der Waals surface area (Å²) >= 11 is 0. The van der Waals surface area contributed by atoms with Crippen molar-refractivity contribution < 1.29 is 27.8 Å². The van der Waals surface area contributed by atoms with Gasteiger partial charge in [-0.2, -0.15) is 0 Å². The summed E-state index contributed by atoms with van der Waals surface area (Å²) in [5, 5.41) is 8.61. The number of hydrogen-bond acceptors (Lipinski definition) is 2. The molecule has 1 rings (SSSR count). The van der Waals surface area contributed by atoms with Crippen LogP contribution in [-0.2, 0) is 4.79 Å². The number of para-hydroxylation sites is 1. The average Bonchev–Trinajstić information content (AvgIpc) is 2.14. The summed E-state index contributed by atoms with van der Waals surface area (Å²) < 4.78 is 40.2. The summed E-state index contributed by atoms with van der Waals surface area (Å²) in [6.07, 6.45) is -5.03. The minimum absolute atomic E-state index is 0.229. The Morgan fingerprint density at radius 3 is 2.53 bits per heavy atom. The predicted molar refractivity (Wildman–Crippen MR) is 53.8 cm³/mol. The first-order valence-corrected chi connectivity index (χ1v) is 4.86. The molecule has 0 bridgehead atoms. The van der Waals surface area contributed by atoms with E-state index in [1.165, 1.54) is 31.2 Å². The molecule has 0 spiro atoms. The monoisotopic (exact) mass is 248 g/mol. The van der Waals surface area contributed by atoms with Gasteiger partial charge in [0.2, 0.25) is 0 Å². The molecule has 3 nitrogen and oxygen atoms in total. The van der Waals surface area contributed by atoms with Crippen LogP contribution in [0.5, 0.6) is 5.75 Å². The highest BCUT2D eigenvalue weighted by atomic mass is 19.4. The van der Waals surface area contributed by atoms with Crippen LogP contribution in [0.25, 0.3) is 0 Å². The van der Waals surface area contributed by atoms with Gasteiger partial charge in [-0.05, 0) is 17.5 Å². The Morgan fingerprint density at radius 2 is 2.00 bits per heavy atom. The van der Waals surface area contributed by atoms with Crippen LogP contribution in [0.1, 0.15) is 24.8 Å². The lowest BCUT2D eigenvalue weighted by Crippen LogP contribution is -2.18. The van der Waals surface area contributed by atoms with E-state index < -0.39 is 18.2 Å². The second kappa shape index (κ2) is 5.07. The largest absolute Gasteiger partial charge is 0.573 e. The van der Waals surface area contributed by atoms with Gasteiger partial charge in [0.15, 0.2) is 0 Å². The smallest absolute Gasteiger partial charge is 0.481 e. The second-order valence-corrected chi connectivity index (χ2v) is 3.58. The number of carboxylic acid groups (broad SMARTS) is 1. The van der Waals surface area contributed by atoms with Crippen molar-refractivity contribution in [2.75, 3.05) is 0 Å². The summed E-state index contributed by atoms with van der Waals surface area (Å²) in [7, 11) is 0. The molecule has 1 atom stereocenters. The van der Waals surface area contributed by atoms with E-state index >= 15 is 0 Å². The number of benzene rings is 1. The van der Waals surface area contributed by atoms with Crippen LogP contribution in [0.4, 0.5) is 13.2 Å². The highest BCUT2D eigenvalue weighted by Crippen LogP contribution is 2.32. The number of carboxylic acids is 1. The molecule has 6 heteroatoms. The maximum absolute atomic E-state index is 12.1. The molecular weight excluding hydrogens is 237 g/mol. The molecular formula is C11H11F3O3. The maximum Gasteiger partial charge on any atom is 0.573 e. The van der Waals surface area contributed by atoms with E-state index in [2.05, 4.69) is 4.74 Å². The third-order valence-corrected chi connectivity index (χ3v) is 2.16. The molecule has 17 heavy (non-hydrogen) atoms. The maximum atomic E-state index is 12.1. The molecule has 0 heterocycles. The van der Waals surface area contributed by atoms with Gasteiger partial charge in [-0.1, -0.05) is 25.1 Å². The number of ether oxygens (including phenoxy) is 1. The zero-order valence-corrected chi connectivity index (χ0v) is 8.99. The Kier molecular flexibility index (Phi) is 3.98. The molecule has 0 fully saturated rings. The van der Waals surface area contributed by atoms with Crippen molar-refractivity contribution in [1.82, 2.24) is 0 Å². The van der Waals surface area contributed by atoms with Crippen molar-refractivity contribution in [2.24, 2.45) is 0 Å². The van der Waals surface area contributed by atoms with E-state index in [1.54, 1.807) is 0 Å². The summed E-state index contributed by atoms with van der Waals surface area (Å²) in [5.41, 5.74) is 0.229. The first-order valence-electron chi connectivity index (χ1n) is 4.86.